The number of carbonyl (C=O) groups is 1. The third-order valence-corrected chi connectivity index (χ3v) is 5.55. The van der Waals surface area contributed by atoms with E-state index in [2.05, 4.69) is 20.4 Å². The molecule has 1 unspecified atom stereocenters. The lowest BCUT2D eigenvalue weighted by Gasteiger charge is -2.35. The standard InChI is InChI=1S/C18H31N7O/c1-13-22-23-17(24(13)2)11-20-18(21-15-7-3-4-8-15)25-9-5-6-14(12-25)10-16(19)26/h14-15H,3-12H2,1-2H3,(H2,19,26)(H,20,21). The van der Waals surface area contributed by atoms with E-state index in [1.165, 1.54) is 25.7 Å². The van der Waals surface area contributed by atoms with Gasteiger partial charge in [0.15, 0.2) is 11.8 Å². The first kappa shape index (κ1) is 18.7. The molecule has 0 bridgehead atoms. The van der Waals surface area contributed by atoms with Gasteiger partial charge in [-0.05, 0) is 38.5 Å². The van der Waals surface area contributed by atoms with Crippen LogP contribution >= 0.6 is 0 Å². The Morgan fingerprint density at radius 3 is 2.69 bits per heavy atom. The van der Waals surface area contributed by atoms with Gasteiger partial charge in [0.05, 0.1) is 0 Å². The van der Waals surface area contributed by atoms with Crippen molar-refractivity contribution >= 4 is 11.9 Å². The molecule has 1 saturated heterocycles. The molecule has 0 aromatic carbocycles. The minimum absolute atomic E-state index is 0.214. The quantitative estimate of drug-likeness (QED) is 0.604. The van der Waals surface area contributed by atoms with Crippen molar-refractivity contribution in [2.75, 3.05) is 13.1 Å². The summed E-state index contributed by atoms with van der Waals surface area (Å²) in [6.45, 7) is 4.24. The van der Waals surface area contributed by atoms with E-state index in [-0.39, 0.29) is 5.91 Å². The summed E-state index contributed by atoms with van der Waals surface area (Å²) in [4.78, 5) is 18.5. The molecule has 1 atom stereocenters. The predicted octanol–water partition coefficient (Wildman–Crippen LogP) is 1.10. The Balaban J connectivity index is 1.72. The molecule has 2 fully saturated rings. The predicted molar refractivity (Wildman–Crippen MR) is 100 cm³/mol. The normalized spacial score (nSPS) is 22.0. The monoisotopic (exact) mass is 361 g/mol. The van der Waals surface area contributed by atoms with Crippen LogP contribution in [-0.2, 0) is 18.4 Å². The van der Waals surface area contributed by atoms with Crippen molar-refractivity contribution in [2.45, 2.75) is 64.5 Å². The average molecular weight is 361 g/mol. The van der Waals surface area contributed by atoms with Gasteiger partial charge in [-0.1, -0.05) is 12.8 Å². The van der Waals surface area contributed by atoms with Gasteiger partial charge in [0.1, 0.15) is 12.4 Å². The van der Waals surface area contributed by atoms with Crippen LogP contribution in [0.5, 0.6) is 0 Å². The number of likely N-dealkylation sites (tertiary alicyclic amines) is 1. The molecule has 0 spiro atoms. The summed E-state index contributed by atoms with van der Waals surface area (Å²) in [5.74, 6) is 2.79. The summed E-state index contributed by atoms with van der Waals surface area (Å²) in [6, 6.07) is 0.492. The minimum atomic E-state index is -0.214. The number of hydrogen-bond acceptors (Lipinski definition) is 4. The number of aliphatic imine (C=N–C) groups is 1. The van der Waals surface area contributed by atoms with Gasteiger partial charge in [-0.25, -0.2) is 4.99 Å². The third-order valence-electron chi connectivity index (χ3n) is 5.55. The highest BCUT2D eigenvalue weighted by Crippen LogP contribution is 2.22. The molecule has 26 heavy (non-hydrogen) atoms. The number of rotatable bonds is 5. The van der Waals surface area contributed by atoms with Crippen LogP contribution in [0.25, 0.3) is 0 Å². The molecule has 1 aromatic rings. The van der Waals surface area contributed by atoms with E-state index in [4.69, 9.17) is 10.7 Å². The van der Waals surface area contributed by atoms with E-state index >= 15 is 0 Å². The lowest BCUT2D eigenvalue weighted by molar-refractivity contribution is -0.119. The lowest BCUT2D eigenvalue weighted by Crippen LogP contribution is -2.49. The van der Waals surface area contributed by atoms with Crippen LogP contribution in [0.3, 0.4) is 0 Å². The highest BCUT2D eigenvalue weighted by atomic mass is 16.1. The molecule has 1 aliphatic carbocycles. The number of nitrogens with one attached hydrogen (secondary N) is 1. The molecule has 1 amide bonds. The van der Waals surface area contributed by atoms with Gasteiger partial charge >= 0.3 is 0 Å². The van der Waals surface area contributed by atoms with Crippen LogP contribution in [-0.4, -0.2) is 50.7 Å². The highest BCUT2D eigenvalue weighted by Gasteiger charge is 2.26. The summed E-state index contributed by atoms with van der Waals surface area (Å²) in [6.07, 6.45) is 7.51. The number of aryl methyl sites for hydroxylation is 1. The first-order valence-electron chi connectivity index (χ1n) is 9.72. The second kappa shape index (κ2) is 8.51. The van der Waals surface area contributed by atoms with E-state index in [9.17, 15) is 4.79 Å². The van der Waals surface area contributed by atoms with Crippen molar-refractivity contribution < 1.29 is 4.79 Å². The maximum Gasteiger partial charge on any atom is 0.217 e. The number of aromatic nitrogens is 3. The Morgan fingerprint density at radius 1 is 1.27 bits per heavy atom. The largest absolute Gasteiger partial charge is 0.370 e. The topological polar surface area (TPSA) is 101 Å². The Kier molecular flexibility index (Phi) is 6.11. The van der Waals surface area contributed by atoms with E-state index in [0.29, 0.717) is 24.9 Å². The number of nitrogens with two attached hydrogens (primary N) is 1. The zero-order valence-corrected chi connectivity index (χ0v) is 15.9. The van der Waals surface area contributed by atoms with Crippen molar-refractivity contribution in [3.05, 3.63) is 11.6 Å². The van der Waals surface area contributed by atoms with Crippen molar-refractivity contribution in [3.8, 4) is 0 Å². The van der Waals surface area contributed by atoms with E-state index in [1.54, 1.807) is 0 Å². The van der Waals surface area contributed by atoms with Crippen LogP contribution in [0.4, 0.5) is 0 Å². The van der Waals surface area contributed by atoms with Gasteiger partial charge in [0, 0.05) is 32.6 Å². The van der Waals surface area contributed by atoms with Crippen molar-refractivity contribution in [1.82, 2.24) is 25.0 Å². The summed E-state index contributed by atoms with van der Waals surface area (Å²) in [5.41, 5.74) is 5.41. The molecule has 0 radical (unpaired) electrons. The fourth-order valence-corrected chi connectivity index (χ4v) is 3.93. The van der Waals surface area contributed by atoms with Gasteiger partial charge in [-0.2, -0.15) is 0 Å². The second-order valence-corrected chi connectivity index (χ2v) is 7.61. The Bertz CT molecular complexity index is 648. The number of primary amides is 1. The van der Waals surface area contributed by atoms with E-state index in [1.807, 2.05) is 18.5 Å². The molecule has 3 rings (SSSR count). The first-order valence-corrected chi connectivity index (χ1v) is 9.72. The number of amides is 1. The zero-order chi connectivity index (χ0) is 18.5. The van der Waals surface area contributed by atoms with Crippen molar-refractivity contribution in [3.63, 3.8) is 0 Å². The maximum atomic E-state index is 11.3. The second-order valence-electron chi connectivity index (χ2n) is 7.61. The molecular formula is C18H31N7O. The Hall–Kier alpha value is -2.12. The number of carbonyl (C=O) groups excluding carboxylic acids is 1. The van der Waals surface area contributed by atoms with Gasteiger partial charge in [-0.15, -0.1) is 10.2 Å². The zero-order valence-electron chi connectivity index (χ0n) is 15.9. The van der Waals surface area contributed by atoms with Crippen molar-refractivity contribution in [1.29, 1.82) is 0 Å². The van der Waals surface area contributed by atoms with Crippen LogP contribution < -0.4 is 11.1 Å². The third kappa shape index (κ3) is 4.74. The van der Waals surface area contributed by atoms with Crippen LogP contribution in [0.15, 0.2) is 4.99 Å². The average Bonchev–Trinajstić information content (AvgIpc) is 3.23. The molecule has 1 aliphatic heterocycles. The number of guanidine groups is 1. The minimum Gasteiger partial charge on any atom is -0.370 e. The molecule has 1 aromatic heterocycles. The van der Waals surface area contributed by atoms with Crippen LogP contribution in [0.2, 0.25) is 0 Å². The fraction of sp³-hybridized carbons (Fsp3) is 0.778. The van der Waals surface area contributed by atoms with Crippen LogP contribution in [0.1, 0.15) is 56.6 Å². The molecule has 2 aliphatic rings. The number of hydrogen-bond donors (Lipinski definition) is 2. The molecule has 2 heterocycles. The summed E-state index contributed by atoms with van der Waals surface area (Å²) in [5, 5.41) is 12.0. The molecule has 8 nitrogen and oxygen atoms in total. The number of nitrogens with zero attached hydrogens (tertiary/aromatic N) is 5. The maximum absolute atomic E-state index is 11.3. The van der Waals surface area contributed by atoms with Crippen molar-refractivity contribution in [2.24, 2.45) is 23.7 Å². The summed E-state index contributed by atoms with van der Waals surface area (Å²) < 4.78 is 1.97. The molecule has 8 heteroatoms. The SMILES string of the molecule is Cc1nnc(CN=C(NC2CCCC2)N2CCCC(CC(N)=O)C2)n1C. The van der Waals surface area contributed by atoms with Gasteiger partial charge in [0.25, 0.3) is 0 Å². The van der Waals surface area contributed by atoms with Gasteiger partial charge in [-0.3, -0.25) is 4.79 Å². The van der Waals surface area contributed by atoms with E-state index in [0.717, 1.165) is 43.5 Å². The molecule has 144 valence electrons. The number of piperidine rings is 1. The Morgan fingerprint density at radius 2 is 2.04 bits per heavy atom. The van der Waals surface area contributed by atoms with Gasteiger partial charge in [0.2, 0.25) is 5.91 Å². The summed E-state index contributed by atoms with van der Waals surface area (Å²) >= 11 is 0. The molecule has 1 saturated carbocycles. The van der Waals surface area contributed by atoms with Gasteiger partial charge < -0.3 is 20.5 Å². The van der Waals surface area contributed by atoms with Crippen LogP contribution in [0, 0.1) is 12.8 Å². The van der Waals surface area contributed by atoms with E-state index < -0.39 is 0 Å². The molecular weight excluding hydrogens is 330 g/mol. The lowest BCUT2D eigenvalue weighted by atomic mass is 9.95. The molecule has 3 N–H and O–H groups in total. The highest BCUT2D eigenvalue weighted by molar-refractivity contribution is 5.80. The Labute approximate surface area is 155 Å². The smallest absolute Gasteiger partial charge is 0.217 e. The first-order chi connectivity index (χ1) is 12.5. The summed E-state index contributed by atoms with van der Waals surface area (Å²) in [7, 11) is 1.97. The fourth-order valence-electron chi connectivity index (χ4n) is 3.93.